The van der Waals surface area contributed by atoms with E-state index in [9.17, 15) is 8.42 Å². The van der Waals surface area contributed by atoms with E-state index in [1.54, 1.807) is 24.3 Å². The number of hydrogen-bond donors (Lipinski definition) is 0. The van der Waals surface area contributed by atoms with E-state index in [0.29, 0.717) is 18.7 Å². The van der Waals surface area contributed by atoms with Crippen molar-refractivity contribution in [1.29, 1.82) is 5.26 Å². The maximum absolute atomic E-state index is 11.0. The number of ether oxygens (including phenoxy) is 1. The van der Waals surface area contributed by atoms with Gasteiger partial charge in [0.1, 0.15) is 15.6 Å². The first-order valence-corrected chi connectivity index (χ1v) is 8.46. The van der Waals surface area contributed by atoms with Crippen LogP contribution in [0.4, 0.5) is 0 Å². The molecule has 0 saturated carbocycles. The Labute approximate surface area is 120 Å². The zero-order valence-electron chi connectivity index (χ0n) is 11.9. The van der Waals surface area contributed by atoms with E-state index in [1.807, 2.05) is 11.9 Å². The van der Waals surface area contributed by atoms with Crippen molar-refractivity contribution < 1.29 is 13.2 Å². The molecule has 0 saturated heterocycles. The van der Waals surface area contributed by atoms with Gasteiger partial charge in [0.05, 0.1) is 24.0 Å². The van der Waals surface area contributed by atoms with Crippen molar-refractivity contribution in [2.75, 3.05) is 38.8 Å². The van der Waals surface area contributed by atoms with Gasteiger partial charge in [-0.2, -0.15) is 5.26 Å². The fourth-order valence-electron chi connectivity index (χ4n) is 1.58. The molecule has 0 aromatic heterocycles. The van der Waals surface area contributed by atoms with Crippen LogP contribution in [0.5, 0.6) is 5.75 Å². The van der Waals surface area contributed by atoms with Crippen molar-refractivity contribution in [3.05, 3.63) is 29.8 Å². The first kappa shape index (κ1) is 16.5. The summed E-state index contributed by atoms with van der Waals surface area (Å²) in [5.74, 6) is 0.919. The van der Waals surface area contributed by atoms with E-state index >= 15 is 0 Å². The minimum absolute atomic E-state index is 0.181. The van der Waals surface area contributed by atoms with Crippen LogP contribution in [0.1, 0.15) is 12.0 Å². The van der Waals surface area contributed by atoms with Crippen molar-refractivity contribution in [3.8, 4) is 11.8 Å². The predicted molar refractivity (Wildman–Crippen MR) is 78.5 cm³/mol. The maximum atomic E-state index is 11.0. The summed E-state index contributed by atoms with van der Waals surface area (Å²) >= 11 is 0. The fourth-order valence-corrected chi connectivity index (χ4v) is 2.23. The lowest BCUT2D eigenvalue weighted by atomic mass is 10.2. The molecule has 6 heteroatoms. The molecule has 110 valence electrons. The van der Waals surface area contributed by atoms with E-state index in [4.69, 9.17) is 10.00 Å². The third-order valence-corrected chi connectivity index (χ3v) is 3.70. The molecule has 0 fully saturated rings. The molecule has 0 aliphatic heterocycles. The predicted octanol–water partition coefficient (Wildman–Crippen LogP) is 1.30. The lowest BCUT2D eigenvalue weighted by Crippen LogP contribution is -2.27. The zero-order chi connectivity index (χ0) is 15.0. The van der Waals surface area contributed by atoms with Crippen LogP contribution in [0.15, 0.2) is 24.3 Å². The quantitative estimate of drug-likeness (QED) is 0.676. The van der Waals surface area contributed by atoms with Crippen molar-refractivity contribution in [3.63, 3.8) is 0 Å². The largest absolute Gasteiger partial charge is 0.494 e. The molecule has 0 radical (unpaired) electrons. The topological polar surface area (TPSA) is 70.4 Å². The Morgan fingerprint density at radius 1 is 1.25 bits per heavy atom. The van der Waals surface area contributed by atoms with Gasteiger partial charge in [-0.25, -0.2) is 8.42 Å². The third kappa shape index (κ3) is 7.12. The van der Waals surface area contributed by atoms with Gasteiger partial charge in [-0.1, -0.05) is 0 Å². The normalized spacial score (nSPS) is 11.3. The van der Waals surface area contributed by atoms with Gasteiger partial charge in [0.2, 0.25) is 0 Å². The third-order valence-electron chi connectivity index (χ3n) is 2.78. The maximum Gasteiger partial charge on any atom is 0.148 e. The molecular formula is C14H20N2O3S. The highest BCUT2D eigenvalue weighted by molar-refractivity contribution is 7.90. The van der Waals surface area contributed by atoms with Crippen LogP contribution in [0.25, 0.3) is 0 Å². The number of nitriles is 1. The van der Waals surface area contributed by atoms with Crippen molar-refractivity contribution in [2.45, 2.75) is 6.42 Å². The molecular weight excluding hydrogens is 276 g/mol. The minimum Gasteiger partial charge on any atom is -0.494 e. The Kier molecular flexibility index (Phi) is 6.49. The Hall–Kier alpha value is -1.58. The van der Waals surface area contributed by atoms with Gasteiger partial charge in [-0.05, 0) is 37.7 Å². The molecule has 0 aliphatic carbocycles. The van der Waals surface area contributed by atoms with Crippen molar-refractivity contribution >= 4 is 9.84 Å². The number of hydrogen-bond acceptors (Lipinski definition) is 5. The second kappa shape index (κ2) is 7.88. The molecule has 0 atom stereocenters. The highest BCUT2D eigenvalue weighted by atomic mass is 32.2. The molecule has 1 aromatic rings. The van der Waals surface area contributed by atoms with E-state index < -0.39 is 9.84 Å². The average molecular weight is 296 g/mol. The van der Waals surface area contributed by atoms with Crippen LogP contribution in [0.2, 0.25) is 0 Å². The molecule has 0 N–H and O–H groups in total. The van der Waals surface area contributed by atoms with Crippen LogP contribution in [-0.2, 0) is 9.84 Å². The van der Waals surface area contributed by atoms with E-state index in [-0.39, 0.29) is 5.75 Å². The molecule has 0 unspecified atom stereocenters. The number of benzene rings is 1. The molecule has 5 nitrogen and oxygen atoms in total. The van der Waals surface area contributed by atoms with Crippen LogP contribution >= 0.6 is 0 Å². The Bertz CT molecular complexity index is 547. The molecule has 0 amide bonds. The molecule has 20 heavy (non-hydrogen) atoms. The van der Waals surface area contributed by atoms with E-state index in [0.717, 1.165) is 18.7 Å². The molecule has 0 aliphatic rings. The lowest BCUT2D eigenvalue weighted by Gasteiger charge is -2.15. The molecule has 1 aromatic carbocycles. The van der Waals surface area contributed by atoms with Gasteiger partial charge >= 0.3 is 0 Å². The number of sulfone groups is 1. The summed E-state index contributed by atoms with van der Waals surface area (Å²) in [6, 6.07) is 9.02. The van der Waals surface area contributed by atoms with Gasteiger partial charge in [0.15, 0.2) is 0 Å². The smallest absolute Gasteiger partial charge is 0.148 e. The SMILES string of the molecule is CN(CCCOc1ccc(C#N)cc1)CCS(C)(=O)=O. The lowest BCUT2D eigenvalue weighted by molar-refractivity contribution is 0.268. The summed E-state index contributed by atoms with van der Waals surface area (Å²) in [5.41, 5.74) is 0.609. The van der Waals surface area contributed by atoms with Gasteiger partial charge in [-0.3, -0.25) is 0 Å². The van der Waals surface area contributed by atoms with Crippen LogP contribution < -0.4 is 4.74 Å². The van der Waals surface area contributed by atoms with Crippen LogP contribution in [0, 0.1) is 11.3 Å². The second-order valence-electron chi connectivity index (χ2n) is 4.77. The summed E-state index contributed by atoms with van der Waals surface area (Å²) in [6.07, 6.45) is 2.06. The van der Waals surface area contributed by atoms with E-state index in [1.165, 1.54) is 6.26 Å². The minimum atomic E-state index is -2.90. The number of nitrogens with zero attached hydrogens (tertiary/aromatic N) is 2. The molecule has 1 rings (SSSR count). The van der Waals surface area contributed by atoms with Gasteiger partial charge in [-0.15, -0.1) is 0 Å². The zero-order valence-corrected chi connectivity index (χ0v) is 12.7. The molecule has 0 bridgehead atoms. The van der Waals surface area contributed by atoms with Gasteiger partial charge in [0.25, 0.3) is 0 Å². The summed E-state index contributed by atoms with van der Waals surface area (Å²) in [7, 11) is -1.00. The standard InChI is InChI=1S/C14H20N2O3S/c1-16(9-11-20(2,17)18)8-3-10-19-14-6-4-13(12-15)5-7-14/h4-7H,3,8-11H2,1-2H3. The molecule has 0 spiro atoms. The Morgan fingerprint density at radius 2 is 1.90 bits per heavy atom. The average Bonchev–Trinajstić information content (AvgIpc) is 2.41. The van der Waals surface area contributed by atoms with E-state index in [2.05, 4.69) is 6.07 Å². The van der Waals surface area contributed by atoms with Crippen LogP contribution in [0.3, 0.4) is 0 Å². The second-order valence-corrected chi connectivity index (χ2v) is 7.03. The first-order chi connectivity index (χ1) is 9.40. The summed E-state index contributed by atoms with van der Waals surface area (Å²) in [4.78, 5) is 1.98. The van der Waals surface area contributed by atoms with Crippen molar-refractivity contribution in [1.82, 2.24) is 4.90 Å². The summed E-state index contributed by atoms with van der Waals surface area (Å²) in [5, 5.41) is 8.67. The van der Waals surface area contributed by atoms with Crippen LogP contribution in [-0.4, -0.2) is 52.1 Å². The van der Waals surface area contributed by atoms with Crippen molar-refractivity contribution in [2.24, 2.45) is 0 Å². The molecule has 0 heterocycles. The fraction of sp³-hybridized carbons (Fsp3) is 0.500. The first-order valence-electron chi connectivity index (χ1n) is 6.40. The summed E-state index contributed by atoms with van der Waals surface area (Å²) < 4.78 is 27.6. The van der Waals surface area contributed by atoms with Gasteiger partial charge < -0.3 is 9.64 Å². The van der Waals surface area contributed by atoms with Gasteiger partial charge in [0, 0.05) is 19.3 Å². The Balaban J connectivity index is 2.19. The highest BCUT2D eigenvalue weighted by Gasteiger charge is 2.05. The number of rotatable bonds is 8. The Morgan fingerprint density at radius 3 is 2.45 bits per heavy atom. The highest BCUT2D eigenvalue weighted by Crippen LogP contribution is 2.11. The monoisotopic (exact) mass is 296 g/mol. The summed E-state index contributed by atoms with van der Waals surface area (Å²) in [6.45, 7) is 1.89.